The van der Waals surface area contributed by atoms with E-state index in [0.717, 1.165) is 65.6 Å². The molecule has 1 aliphatic rings. The molecular formula is C26H29N5O2S. The van der Waals surface area contributed by atoms with Gasteiger partial charge in [0.25, 0.3) is 0 Å². The molecule has 8 heteroatoms. The van der Waals surface area contributed by atoms with Crippen LogP contribution < -0.4 is 14.8 Å². The van der Waals surface area contributed by atoms with Crippen molar-refractivity contribution in [3.63, 3.8) is 0 Å². The predicted molar refractivity (Wildman–Crippen MR) is 137 cm³/mol. The van der Waals surface area contributed by atoms with Crippen molar-refractivity contribution in [2.45, 2.75) is 32.4 Å². The molecule has 2 aromatic carbocycles. The molecule has 1 aliphatic heterocycles. The number of para-hydroxylation sites is 1. The van der Waals surface area contributed by atoms with Crippen LogP contribution in [-0.2, 0) is 6.54 Å². The number of aromatic nitrogens is 3. The minimum Gasteiger partial charge on any atom is -0.493 e. The van der Waals surface area contributed by atoms with Gasteiger partial charge in [-0.05, 0) is 43.5 Å². The molecule has 1 N–H and O–H groups in total. The summed E-state index contributed by atoms with van der Waals surface area (Å²) in [6.07, 6.45) is 3.90. The molecule has 3 heterocycles. The number of methoxy groups -OCH3 is 1. The monoisotopic (exact) mass is 475 g/mol. The van der Waals surface area contributed by atoms with E-state index in [-0.39, 0.29) is 0 Å². The van der Waals surface area contributed by atoms with E-state index in [1.54, 1.807) is 18.4 Å². The number of hydrogen-bond acceptors (Lipinski definition) is 8. The highest BCUT2D eigenvalue weighted by Crippen LogP contribution is 2.30. The van der Waals surface area contributed by atoms with E-state index in [1.165, 1.54) is 5.56 Å². The zero-order chi connectivity index (χ0) is 23.3. The molecule has 7 nitrogen and oxygen atoms in total. The molecule has 4 aromatic rings. The lowest BCUT2D eigenvalue weighted by molar-refractivity contribution is 0.210. The summed E-state index contributed by atoms with van der Waals surface area (Å²) in [5, 5.41) is 7.52. The van der Waals surface area contributed by atoms with Crippen LogP contribution in [0.5, 0.6) is 11.5 Å². The summed E-state index contributed by atoms with van der Waals surface area (Å²) >= 11 is 1.60. The highest BCUT2D eigenvalue weighted by molar-refractivity contribution is 7.13. The Labute approximate surface area is 203 Å². The fraction of sp³-hybridized carbons (Fsp3) is 0.346. The van der Waals surface area contributed by atoms with E-state index >= 15 is 0 Å². The van der Waals surface area contributed by atoms with Gasteiger partial charge in [-0.15, -0.1) is 11.3 Å². The fourth-order valence-corrected chi connectivity index (χ4v) is 5.05. The smallest absolute Gasteiger partial charge is 0.224 e. The van der Waals surface area contributed by atoms with E-state index in [2.05, 4.69) is 33.4 Å². The van der Waals surface area contributed by atoms with Gasteiger partial charge in [-0.2, -0.15) is 0 Å². The van der Waals surface area contributed by atoms with E-state index in [0.29, 0.717) is 18.6 Å². The summed E-state index contributed by atoms with van der Waals surface area (Å²) in [4.78, 5) is 16.6. The Hall–Kier alpha value is -3.23. The molecular weight excluding hydrogens is 446 g/mol. The molecule has 1 fully saturated rings. The molecule has 176 valence electrons. The van der Waals surface area contributed by atoms with E-state index in [1.807, 2.05) is 42.8 Å². The van der Waals surface area contributed by atoms with Gasteiger partial charge in [-0.3, -0.25) is 4.90 Å². The molecule has 34 heavy (non-hydrogen) atoms. The lowest BCUT2D eigenvalue weighted by Gasteiger charge is -2.32. The Bertz CT molecular complexity index is 1240. The average Bonchev–Trinajstić information content (AvgIpc) is 3.40. The Balaban J connectivity index is 1.24. The van der Waals surface area contributed by atoms with Crippen LogP contribution in [0.25, 0.3) is 21.6 Å². The second-order valence-electron chi connectivity index (χ2n) is 8.36. The summed E-state index contributed by atoms with van der Waals surface area (Å²) in [5.74, 6) is 2.27. The maximum atomic E-state index is 5.74. The normalized spacial score (nSPS) is 14.9. The Morgan fingerprint density at radius 2 is 1.94 bits per heavy atom. The van der Waals surface area contributed by atoms with Crippen LogP contribution in [0.15, 0.2) is 54.0 Å². The molecule has 0 spiro atoms. The van der Waals surface area contributed by atoms with Crippen molar-refractivity contribution >= 4 is 28.2 Å². The standard InChI is InChI=1S/C26H29N5O2S/c1-3-33-23-16-18(8-9-22(23)32-2)17-31-13-10-19(11-14-31)28-26-29-21-7-5-4-6-20(21)24(30-26)25-27-12-15-34-25/h4-9,12,15-16,19H,3,10-11,13-14,17H2,1-2H3,(H,28,29,30). The van der Waals surface area contributed by atoms with Gasteiger partial charge in [0.15, 0.2) is 11.5 Å². The van der Waals surface area contributed by atoms with Gasteiger partial charge in [-0.1, -0.05) is 24.3 Å². The van der Waals surface area contributed by atoms with Crippen LogP contribution in [0.4, 0.5) is 5.95 Å². The zero-order valence-electron chi connectivity index (χ0n) is 19.5. The van der Waals surface area contributed by atoms with Crippen molar-refractivity contribution in [1.82, 2.24) is 19.9 Å². The number of fused-ring (bicyclic) bond motifs is 1. The van der Waals surface area contributed by atoms with Crippen LogP contribution in [0.2, 0.25) is 0 Å². The topological polar surface area (TPSA) is 72.4 Å². The summed E-state index contributed by atoms with van der Waals surface area (Å²) < 4.78 is 11.1. The number of benzene rings is 2. The van der Waals surface area contributed by atoms with Gasteiger partial charge in [0, 0.05) is 42.6 Å². The van der Waals surface area contributed by atoms with E-state index in [4.69, 9.17) is 19.4 Å². The SMILES string of the molecule is CCOc1cc(CN2CCC(Nc3nc(-c4nccs4)c4ccccc4n3)CC2)ccc1OC. The van der Waals surface area contributed by atoms with Crippen LogP contribution in [0, 0.1) is 0 Å². The van der Waals surface area contributed by atoms with Gasteiger partial charge in [0.1, 0.15) is 10.7 Å². The third-order valence-corrected chi connectivity index (χ3v) is 6.87. The highest BCUT2D eigenvalue weighted by atomic mass is 32.1. The molecule has 5 rings (SSSR count). The number of hydrogen-bond donors (Lipinski definition) is 1. The summed E-state index contributed by atoms with van der Waals surface area (Å²) in [6, 6.07) is 14.7. The van der Waals surface area contributed by atoms with Crippen molar-refractivity contribution in [3.05, 3.63) is 59.6 Å². The third-order valence-electron chi connectivity index (χ3n) is 6.09. The molecule has 0 saturated carbocycles. The summed E-state index contributed by atoms with van der Waals surface area (Å²) in [7, 11) is 1.68. The summed E-state index contributed by atoms with van der Waals surface area (Å²) in [5.41, 5.74) is 3.07. The predicted octanol–water partition coefficient (Wildman–Crippen LogP) is 5.24. The number of likely N-dealkylation sites (tertiary alicyclic amines) is 1. The first kappa shape index (κ1) is 22.6. The first-order chi connectivity index (χ1) is 16.7. The lowest BCUT2D eigenvalue weighted by Crippen LogP contribution is -2.39. The number of thiazole rings is 1. The van der Waals surface area contributed by atoms with Crippen LogP contribution >= 0.6 is 11.3 Å². The Morgan fingerprint density at radius 3 is 2.71 bits per heavy atom. The first-order valence-corrected chi connectivity index (χ1v) is 12.6. The van der Waals surface area contributed by atoms with Crippen LogP contribution in [0.1, 0.15) is 25.3 Å². The Kier molecular flexibility index (Phi) is 6.87. The maximum absolute atomic E-state index is 5.74. The summed E-state index contributed by atoms with van der Waals surface area (Å²) in [6.45, 7) is 5.54. The van der Waals surface area contributed by atoms with Crippen molar-refractivity contribution in [2.24, 2.45) is 0 Å². The molecule has 0 amide bonds. The van der Waals surface area contributed by atoms with Crippen LogP contribution in [-0.4, -0.2) is 52.7 Å². The number of rotatable bonds is 8. The van der Waals surface area contributed by atoms with Crippen LogP contribution in [0.3, 0.4) is 0 Å². The minimum atomic E-state index is 0.344. The van der Waals surface area contributed by atoms with E-state index in [9.17, 15) is 0 Å². The van der Waals surface area contributed by atoms with Gasteiger partial charge >= 0.3 is 0 Å². The molecule has 0 radical (unpaired) electrons. The van der Waals surface area contributed by atoms with Gasteiger partial charge < -0.3 is 14.8 Å². The molecule has 0 atom stereocenters. The van der Waals surface area contributed by atoms with Crippen molar-refractivity contribution in [3.8, 4) is 22.2 Å². The molecule has 0 aliphatic carbocycles. The molecule has 2 aromatic heterocycles. The minimum absolute atomic E-state index is 0.344. The number of nitrogens with zero attached hydrogens (tertiary/aromatic N) is 4. The van der Waals surface area contributed by atoms with Gasteiger partial charge in [-0.25, -0.2) is 15.0 Å². The molecule has 1 saturated heterocycles. The van der Waals surface area contributed by atoms with Crippen molar-refractivity contribution in [1.29, 1.82) is 0 Å². The number of nitrogens with one attached hydrogen (secondary N) is 1. The second kappa shape index (κ2) is 10.4. The largest absolute Gasteiger partial charge is 0.493 e. The third kappa shape index (κ3) is 4.98. The average molecular weight is 476 g/mol. The maximum Gasteiger partial charge on any atom is 0.224 e. The van der Waals surface area contributed by atoms with E-state index < -0.39 is 0 Å². The highest BCUT2D eigenvalue weighted by Gasteiger charge is 2.21. The quantitative estimate of drug-likeness (QED) is 0.374. The lowest BCUT2D eigenvalue weighted by atomic mass is 10.0. The Morgan fingerprint density at radius 1 is 1.09 bits per heavy atom. The van der Waals surface area contributed by atoms with Crippen molar-refractivity contribution in [2.75, 3.05) is 32.1 Å². The number of anilines is 1. The number of ether oxygens (including phenoxy) is 2. The van der Waals surface area contributed by atoms with Gasteiger partial charge in [0.05, 0.1) is 19.2 Å². The first-order valence-electron chi connectivity index (χ1n) is 11.7. The van der Waals surface area contributed by atoms with Gasteiger partial charge in [0.2, 0.25) is 5.95 Å². The van der Waals surface area contributed by atoms with Crippen molar-refractivity contribution < 1.29 is 9.47 Å². The molecule has 0 unspecified atom stereocenters. The second-order valence-corrected chi connectivity index (χ2v) is 9.26. The number of piperidine rings is 1. The fourth-order valence-electron chi connectivity index (χ4n) is 4.41. The zero-order valence-corrected chi connectivity index (χ0v) is 20.3. The molecule has 0 bridgehead atoms.